The molecule has 2 amide bonds. The minimum Gasteiger partial charge on any atom is -0.347 e. The summed E-state index contributed by atoms with van der Waals surface area (Å²) in [4.78, 5) is 25.2. The van der Waals surface area contributed by atoms with Crippen LogP contribution in [0.3, 0.4) is 0 Å². The summed E-state index contributed by atoms with van der Waals surface area (Å²) in [5.74, 6) is -0.656. The summed E-state index contributed by atoms with van der Waals surface area (Å²) in [6, 6.07) is 17.9. The molecule has 0 aromatic heterocycles. The van der Waals surface area contributed by atoms with Crippen molar-refractivity contribution in [2.24, 2.45) is 0 Å². The number of anilines is 2. The van der Waals surface area contributed by atoms with Gasteiger partial charge < -0.3 is 10.6 Å². The molecule has 0 unspecified atom stereocenters. The van der Waals surface area contributed by atoms with Crippen molar-refractivity contribution in [2.45, 2.75) is 45.1 Å². The lowest BCUT2D eigenvalue weighted by atomic mass is 10.1. The van der Waals surface area contributed by atoms with Gasteiger partial charge in [0.2, 0.25) is 0 Å². The number of hydrogen-bond acceptors (Lipinski definition) is 4. The number of sulfonamides is 1. The monoisotopic (exact) mass is 479 g/mol. The quantitative estimate of drug-likeness (QED) is 0.468. The molecule has 3 aromatic rings. The minimum absolute atomic E-state index is 0.0157. The van der Waals surface area contributed by atoms with Crippen LogP contribution in [0.4, 0.5) is 11.4 Å². The van der Waals surface area contributed by atoms with Crippen LogP contribution >= 0.6 is 0 Å². The number of benzene rings is 3. The molecule has 0 atom stereocenters. The summed E-state index contributed by atoms with van der Waals surface area (Å²) in [6.45, 7) is 9.33. The highest BCUT2D eigenvalue weighted by Gasteiger charge is 2.19. The molecule has 3 rings (SSSR count). The van der Waals surface area contributed by atoms with E-state index in [1.165, 1.54) is 12.1 Å². The zero-order valence-corrected chi connectivity index (χ0v) is 20.7. The number of hydrogen-bond donors (Lipinski definition) is 3. The highest BCUT2D eigenvalue weighted by atomic mass is 32.2. The predicted molar refractivity (Wildman–Crippen MR) is 135 cm³/mol. The Bertz CT molecular complexity index is 1310. The van der Waals surface area contributed by atoms with Gasteiger partial charge in [-0.1, -0.05) is 23.8 Å². The van der Waals surface area contributed by atoms with Crippen LogP contribution in [0.2, 0.25) is 0 Å². The topological polar surface area (TPSA) is 104 Å². The first-order valence-electron chi connectivity index (χ1n) is 10.8. The summed E-state index contributed by atoms with van der Waals surface area (Å²) >= 11 is 0. The molecule has 0 saturated carbocycles. The van der Waals surface area contributed by atoms with Crippen LogP contribution in [-0.4, -0.2) is 25.8 Å². The zero-order valence-electron chi connectivity index (χ0n) is 19.9. The molecule has 178 valence electrons. The number of carbonyl (C=O) groups excluding carboxylic acids is 2. The Kier molecular flexibility index (Phi) is 7.12. The van der Waals surface area contributed by atoms with Gasteiger partial charge in [-0.25, -0.2) is 8.42 Å². The van der Waals surface area contributed by atoms with Crippen LogP contribution < -0.4 is 15.4 Å². The molecule has 0 bridgehead atoms. The van der Waals surface area contributed by atoms with Gasteiger partial charge in [0.1, 0.15) is 0 Å². The Morgan fingerprint density at radius 3 is 1.94 bits per heavy atom. The standard InChI is InChI=1S/C26H29N3O4S/c1-17-6-11-21(12-7-17)29-34(32,33)22-15-8-18(2)23(16-22)25(31)27-20-13-9-19(10-14-20)24(30)28-26(3,4)5/h6-16,29H,1-5H3,(H,27,31)(H,28,30). The van der Waals surface area contributed by atoms with Crippen LogP contribution in [-0.2, 0) is 10.0 Å². The van der Waals surface area contributed by atoms with Gasteiger partial charge in [0, 0.05) is 28.0 Å². The first kappa shape index (κ1) is 25.0. The molecule has 0 aliphatic carbocycles. The minimum atomic E-state index is -3.88. The lowest BCUT2D eigenvalue weighted by molar-refractivity contribution is 0.0919. The molecular formula is C26H29N3O4S. The largest absolute Gasteiger partial charge is 0.347 e. The van der Waals surface area contributed by atoms with Crippen LogP contribution in [0.15, 0.2) is 71.6 Å². The number of rotatable bonds is 6. The highest BCUT2D eigenvalue weighted by molar-refractivity contribution is 7.92. The van der Waals surface area contributed by atoms with E-state index in [0.29, 0.717) is 22.5 Å². The molecule has 8 heteroatoms. The summed E-state index contributed by atoms with van der Waals surface area (Å²) in [6.07, 6.45) is 0. The van der Waals surface area contributed by atoms with Crippen LogP contribution in [0.5, 0.6) is 0 Å². The SMILES string of the molecule is Cc1ccc(NS(=O)(=O)c2ccc(C)c(C(=O)Nc3ccc(C(=O)NC(C)(C)C)cc3)c2)cc1. The maximum Gasteiger partial charge on any atom is 0.261 e. The van der Waals surface area contributed by atoms with Crippen molar-refractivity contribution in [2.75, 3.05) is 10.0 Å². The zero-order chi connectivity index (χ0) is 25.1. The molecule has 0 radical (unpaired) electrons. The molecule has 7 nitrogen and oxygen atoms in total. The second kappa shape index (κ2) is 9.69. The van der Waals surface area contributed by atoms with E-state index < -0.39 is 15.9 Å². The molecule has 34 heavy (non-hydrogen) atoms. The van der Waals surface area contributed by atoms with E-state index in [0.717, 1.165) is 5.56 Å². The molecule has 0 heterocycles. The van der Waals surface area contributed by atoms with Gasteiger partial charge in [0.05, 0.1) is 4.90 Å². The lowest BCUT2D eigenvalue weighted by Gasteiger charge is -2.20. The second-order valence-electron chi connectivity index (χ2n) is 9.18. The summed E-state index contributed by atoms with van der Waals surface area (Å²) < 4.78 is 28.2. The van der Waals surface area contributed by atoms with E-state index in [2.05, 4.69) is 15.4 Å². The van der Waals surface area contributed by atoms with Gasteiger partial charge in [-0.05, 0) is 88.7 Å². The third-order valence-corrected chi connectivity index (χ3v) is 6.34. The smallest absolute Gasteiger partial charge is 0.261 e. The molecule has 0 spiro atoms. The van der Waals surface area contributed by atoms with E-state index >= 15 is 0 Å². The normalized spacial score (nSPS) is 11.6. The Hall–Kier alpha value is -3.65. The van der Waals surface area contributed by atoms with Crippen molar-refractivity contribution in [3.8, 4) is 0 Å². The molecular weight excluding hydrogens is 450 g/mol. The van der Waals surface area contributed by atoms with Crippen molar-refractivity contribution in [3.05, 3.63) is 89.0 Å². The van der Waals surface area contributed by atoms with Gasteiger partial charge in [-0.2, -0.15) is 0 Å². The summed E-state index contributed by atoms with van der Waals surface area (Å²) in [5.41, 5.74) is 2.92. The fraction of sp³-hybridized carbons (Fsp3) is 0.231. The fourth-order valence-electron chi connectivity index (χ4n) is 3.16. The third kappa shape index (κ3) is 6.45. The van der Waals surface area contributed by atoms with Crippen molar-refractivity contribution in [1.82, 2.24) is 5.32 Å². The van der Waals surface area contributed by atoms with E-state index in [-0.39, 0.29) is 21.9 Å². The lowest BCUT2D eigenvalue weighted by Crippen LogP contribution is -2.40. The molecule has 0 aliphatic rings. The van der Waals surface area contributed by atoms with Gasteiger partial charge in [0.25, 0.3) is 21.8 Å². The maximum absolute atomic E-state index is 12.9. The molecule has 3 aromatic carbocycles. The molecule has 0 saturated heterocycles. The van der Waals surface area contributed by atoms with Crippen LogP contribution in [0.25, 0.3) is 0 Å². The third-order valence-electron chi connectivity index (χ3n) is 4.96. The van der Waals surface area contributed by atoms with Gasteiger partial charge in [-0.3, -0.25) is 14.3 Å². The maximum atomic E-state index is 12.9. The van der Waals surface area contributed by atoms with Crippen molar-refractivity contribution >= 4 is 33.2 Å². The van der Waals surface area contributed by atoms with Gasteiger partial charge in [0.15, 0.2) is 0 Å². The molecule has 0 fully saturated rings. The number of carbonyl (C=O) groups is 2. The average Bonchev–Trinajstić information content (AvgIpc) is 2.74. The Morgan fingerprint density at radius 2 is 1.35 bits per heavy atom. The molecule has 0 aliphatic heterocycles. The van der Waals surface area contributed by atoms with Gasteiger partial charge in [-0.15, -0.1) is 0 Å². The van der Waals surface area contributed by atoms with Gasteiger partial charge >= 0.3 is 0 Å². The number of nitrogens with one attached hydrogen (secondary N) is 3. The van der Waals surface area contributed by atoms with Crippen LogP contribution in [0, 0.1) is 13.8 Å². The van der Waals surface area contributed by atoms with E-state index in [1.807, 2.05) is 39.8 Å². The Labute approximate surface area is 200 Å². The van der Waals surface area contributed by atoms with Crippen molar-refractivity contribution < 1.29 is 18.0 Å². The highest BCUT2D eigenvalue weighted by Crippen LogP contribution is 2.21. The van der Waals surface area contributed by atoms with Crippen molar-refractivity contribution in [3.63, 3.8) is 0 Å². The van der Waals surface area contributed by atoms with E-state index in [1.54, 1.807) is 49.4 Å². The van der Waals surface area contributed by atoms with E-state index in [9.17, 15) is 18.0 Å². The summed E-state index contributed by atoms with van der Waals surface area (Å²) in [7, 11) is -3.88. The first-order valence-corrected chi connectivity index (χ1v) is 12.3. The Morgan fingerprint density at radius 1 is 0.765 bits per heavy atom. The predicted octanol–water partition coefficient (Wildman–Crippen LogP) is 4.88. The van der Waals surface area contributed by atoms with Crippen molar-refractivity contribution in [1.29, 1.82) is 0 Å². The van der Waals surface area contributed by atoms with Crippen LogP contribution in [0.1, 0.15) is 52.6 Å². The fourth-order valence-corrected chi connectivity index (χ4v) is 4.25. The number of aryl methyl sites for hydroxylation is 2. The first-order chi connectivity index (χ1) is 15.8. The summed E-state index contributed by atoms with van der Waals surface area (Å²) in [5, 5.41) is 5.64. The number of amides is 2. The second-order valence-corrected chi connectivity index (χ2v) is 10.9. The van der Waals surface area contributed by atoms with E-state index in [4.69, 9.17) is 0 Å². The average molecular weight is 480 g/mol. The Balaban J connectivity index is 1.77. The molecule has 3 N–H and O–H groups in total.